The molecule has 2 unspecified atom stereocenters. The first-order valence-corrected chi connectivity index (χ1v) is 7.13. The minimum Gasteiger partial charge on any atom is -0.335 e. The van der Waals surface area contributed by atoms with Crippen LogP contribution >= 0.6 is 11.3 Å². The van der Waals surface area contributed by atoms with Crippen molar-refractivity contribution in [3.8, 4) is 0 Å². The zero-order valence-electron chi connectivity index (χ0n) is 10.6. The minimum atomic E-state index is -0.449. The maximum atomic E-state index is 12.4. The number of nitro groups is 1. The molecule has 0 radical (unpaired) electrons. The number of rotatable bonds is 2. The summed E-state index contributed by atoms with van der Waals surface area (Å²) in [4.78, 5) is 27.2. The van der Waals surface area contributed by atoms with Gasteiger partial charge in [-0.2, -0.15) is 0 Å². The molecule has 0 aliphatic carbocycles. The molecule has 102 valence electrons. The molecule has 2 bridgehead atoms. The zero-order valence-corrected chi connectivity index (χ0v) is 11.4. The van der Waals surface area contributed by atoms with E-state index in [1.165, 1.54) is 6.07 Å². The van der Waals surface area contributed by atoms with Crippen LogP contribution in [0.3, 0.4) is 0 Å². The summed E-state index contributed by atoms with van der Waals surface area (Å²) in [5.41, 5.74) is 0. The van der Waals surface area contributed by atoms with E-state index in [-0.39, 0.29) is 10.9 Å². The van der Waals surface area contributed by atoms with Gasteiger partial charge >= 0.3 is 5.00 Å². The van der Waals surface area contributed by atoms with Gasteiger partial charge in [0.1, 0.15) is 0 Å². The molecule has 1 amide bonds. The predicted molar refractivity (Wildman–Crippen MR) is 71.4 cm³/mol. The second-order valence-corrected chi connectivity index (χ2v) is 6.22. The van der Waals surface area contributed by atoms with Crippen molar-refractivity contribution >= 4 is 22.2 Å². The van der Waals surface area contributed by atoms with Crippen LogP contribution in [0.15, 0.2) is 12.1 Å². The highest BCUT2D eigenvalue weighted by atomic mass is 32.1. The molecule has 2 saturated heterocycles. The first-order chi connectivity index (χ1) is 9.06. The van der Waals surface area contributed by atoms with Gasteiger partial charge in [0.05, 0.1) is 9.80 Å². The van der Waals surface area contributed by atoms with Crippen LogP contribution in [0, 0.1) is 10.1 Å². The molecule has 2 aliphatic rings. The number of amides is 1. The Morgan fingerprint density at radius 1 is 1.37 bits per heavy atom. The fourth-order valence-corrected chi connectivity index (χ4v) is 3.76. The Balaban J connectivity index is 1.75. The number of hydrogen-bond acceptors (Lipinski definition) is 5. The maximum absolute atomic E-state index is 12.4. The molecule has 0 aromatic carbocycles. The third-order valence-corrected chi connectivity index (χ3v) is 5.14. The smallest absolute Gasteiger partial charge is 0.324 e. The summed E-state index contributed by atoms with van der Waals surface area (Å²) in [6.45, 7) is 1.47. The second kappa shape index (κ2) is 4.57. The molecular formula is C12H15N3O3S. The summed E-state index contributed by atoms with van der Waals surface area (Å²) in [7, 11) is 2.11. The van der Waals surface area contributed by atoms with Gasteiger partial charge in [0.15, 0.2) is 0 Å². The number of likely N-dealkylation sites (N-methyl/N-ethyl adjacent to an activating group) is 1. The molecule has 7 heteroatoms. The van der Waals surface area contributed by atoms with Gasteiger partial charge in [0.25, 0.3) is 5.91 Å². The van der Waals surface area contributed by atoms with E-state index in [1.807, 2.05) is 4.90 Å². The van der Waals surface area contributed by atoms with Gasteiger partial charge in [-0.05, 0) is 26.0 Å². The van der Waals surface area contributed by atoms with Crippen LogP contribution in [0.25, 0.3) is 0 Å². The lowest BCUT2D eigenvalue weighted by Crippen LogP contribution is -2.53. The van der Waals surface area contributed by atoms with Crippen molar-refractivity contribution in [3.05, 3.63) is 27.1 Å². The Kier molecular flexibility index (Phi) is 3.02. The molecule has 19 heavy (non-hydrogen) atoms. The molecule has 2 fully saturated rings. The van der Waals surface area contributed by atoms with E-state index in [9.17, 15) is 14.9 Å². The summed E-state index contributed by atoms with van der Waals surface area (Å²) < 4.78 is 0. The average molecular weight is 281 g/mol. The molecule has 2 aliphatic heterocycles. The fraction of sp³-hybridized carbons (Fsp3) is 0.583. The number of hydrogen-bond donors (Lipinski definition) is 0. The van der Waals surface area contributed by atoms with E-state index in [0.717, 1.165) is 37.3 Å². The van der Waals surface area contributed by atoms with Crippen LogP contribution in [-0.2, 0) is 0 Å². The monoisotopic (exact) mass is 281 g/mol. The van der Waals surface area contributed by atoms with Gasteiger partial charge in [0, 0.05) is 31.2 Å². The Hall–Kier alpha value is -1.47. The predicted octanol–water partition coefficient (Wildman–Crippen LogP) is 1.57. The van der Waals surface area contributed by atoms with Crippen molar-refractivity contribution in [2.75, 3.05) is 20.1 Å². The van der Waals surface area contributed by atoms with Crippen molar-refractivity contribution in [2.24, 2.45) is 0 Å². The average Bonchev–Trinajstić information content (AvgIpc) is 2.92. The van der Waals surface area contributed by atoms with E-state index < -0.39 is 4.92 Å². The quantitative estimate of drug-likeness (QED) is 0.609. The molecule has 3 rings (SSSR count). The van der Waals surface area contributed by atoms with Crippen LogP contribution in [-0.4, -0.2) is 52.9 Å². The highest BCUT2D eigenvalue weighted by molar-refractivity contribution is 7.17. The van der Waals surface area contributed by atoms with Gasteiger partial charge < -0.3 is 4.90 Å². The topological polar surface area (TPSA) is 66.7 Å². The van der Waals surface area contributed by atoms with E-state index in [2.05, 4.69) is 11.9 Å². The van der Waals surface area contributed by atoms with Gasteiger partial charge in [0.2, 0.25) is 0 Å². The molecule has 0 saturated carbocycles. The summed E-state index contributed by atoms with van der Waals surface area (Å²) in [6.07, 6.45) is 2.27. The lowest BCUT2D eigenvalue weighted by atomic mass is 10.2. The van der Waals surface area contributed by atoms with Crippen molar-refractivity contribution in [1.82, 2.24) is 9.80 Å². The van der Waals surface area contributed by atoms with Gasteiger partial charge in [-0.1, -0.05) is 11.3 Å². The van der Waals surface area contributed by atoms with Crippen molar-refractivity contribution < 1.29 is 9.72 Å². The Morgan fingerprint density at radius 2 is 2.00 bits per heavy atom. The molecular weight excluding hydrogens is 266 g/mol. The van der Waals surface area contributed by atoms with Crippen LogP contribution in [0.5, 0.6) is 0 Å². The molecule has 6 nitrogen and oxygen atoms in total. The van der Waals surface area contributed by atoms with Gasteiger partial charge in [-0.15, -0.1) is 0 Å². The van der Waals surface area contributed by atoms with E-state index in [0.29, 0.717) is 17.0 Å². The molecule has 2 atom stereocenters. The van der Waals surface area contributed by atoms with E-state index in [4.69, 9.17) is 0 Å². The number of carbonyl (C=O) groups is 1. The Labute approximate surface area is 114 Å². The first-order valence-electron chi connectivity index (χ1n) is 6.31. The number of piperazine rings is 1. The SMILES string of the molecule is CN1C2CCC1CN(C(=O)c1ccc([N+](=O)[O-])s1)C2. The highest BCUT2D eigenvalue weighted by Crippen LogP contribution is 2.31. The molecule has 0 spiro atoms. The first kappa shape index (κ1) is 12.6. The van der Waals surface area contributed by atoms with E-state index in [1.54, 1.807) is 6.07 Å². The number of fused-ring (bicyclic) bond motifs is 2. The van der Waals surface area contributed by atoms with Crippen LogP contribution in [0.2, 0.25) is 0 Å². The zero-order chi connectivity index (χ0) is 13.6. The standard InChI is InChI=1S/C12H15N3O3S/c1-13-8-2-3-9(13)7-14(6-8)12(16)10-4-5-11(19-10)15(17)18/h4-5,8-9H,2-3,6-7H2,1H3. The lowest BCUT2D eigenvalue weighted by Gasteiger charge is -2.38. The number of likely N-dealkylation sites (tertiary alicyclic amines) is 1. The van der Waals surface area contributed by atoms with Gasteiger partial charge in [-0.3, -0.25) is 19.8 Å². The van der Waals surface area contributed by atoms with Crippen molar-refractivity contribution in [1.29, 1.82) is 0 Å². The lowest BCUT2D eigenvalue weighted by molar-refractivity contribution is -0.380. The van der Waals surface area contributed by atoms with Crippen molar-refractivity contribution in [2.45, 2.75) is 24.9 Å². The third-order valence-electron chi connectivity index (χ3n) is 4.12. The van der Waals surface area contributed by atoms with E-state index >= 15 is 0 Å². The van der Waals surface area contributed by atoms with Crippen LogP contribution in [0.4, 0.5) is 5.00 Å². The minimum absolute atomic E-state index is 0.0282. The van der Waals surface area contributed by atoms with Crippen molar-refractivity contribution in [3.63, 3.8) is 0 Å². The number of thiophene rings is 1. The molecule has 1 aromatic rings. The fourth-order valence-electron chi connectivity index (χ4n) is 2.98. The number of nitrogens with zero attached hydrogens (tertiary/aromatic N) is 3. The third kappa shape index (κ3) is 2.12. The maximum Gasteiger partial charge on any atom is 0.324 e. The normalized spacial score (nSPS) is 26.7. The summed E-state index contributed by atoms with van der Waals surface area (Å²) in [5.74, 6) is -0.0666. The van der Waals surface area contributed by atoms with Crippen LogP contribution < -0.4 is 0 Å². The molecule has 1 aromatic heterocycles. The summed E-state index contributed by atoms with van der Waals surface area (Å²) >= 11 is 0.963. The Morgan fingerprint density at radius 3 is 2.53 bits per heavy atom. The van der Waals surface area contributed by atoms with Crippen LogP contribution in [0.1, 0.15) is 22.5 Å². The number of carbonyl (C=O) groups excluding carboxylic acids is 1. The Bertz CT molecular complexity index is 516. The van der Waals surface area contributed by atoms with Gasteiger partial charge in [-0.25, -0.2) is 0 Å². The molecule has 0 N–H and O–H groups in total. The molecule has 3 heterocycles. The highest BCUT2D eigenvalue weighted by Gasteiger charge is 2.39. The second-order valence-electron chi connectivity index (χ2n) is 5.16. The summed E-state index contributed by atoms with van der Waals surface area (Å²) in [5, 5.41) is 10.7. The largest absolute Gasteiger partial charge is 0.335 e. The summed E-state index contributed by atoms with van der Waals surface area (Å²) in [6, 6.07) is 3.85.